The Hall–Kier alpha value is -2.52. The van der Waals surface area contributed by atoms with Crippen LogP contribution in [-0.2, 0) is 4.79 Å². The monoisotopic (exact) mass is 493 g/mol. The predicted molar refractivity (Wildman–Crippen MR) is 114 cm³/mol. The van der Waals surface area contributed by atoms with Crippen molar-refractivity contribution in [3.63, 3.8) is 0 Å². The number of anilines is 1. The molecule has 0 spiro atoms. The van der Waals surface area contributed by atoms with Gasteiger partial charge in [0, 0.05) is 30.4 Å². The van der Waals surface area contributed by atoms with E-state index in [2.05, 4.69) is 36.6 Å². The van der Waals surface area contributed by atoms with Crippen LogP contribution in [-0.4, -0.2) is 32.5 Å². The number of carbonyl (C=O) groups is 2. The van der Waals surface area contributed by atoms with Crippen molar-refractivity contribution in [3.8, 4) is 0 Å². The van der Waals surface area contributed by atoms with Crippen LogP contribution in [0.4, 0.5) is 10.1 Å². The van der Waals surface area contributed by atoms with Gasteiger partial charge in [0.05, 0.1) is 15.2 Å². The second-order valence-corrected chi connectivity index (χ2v) is 8.56. The third-order valence-corrected chi connectivity index (χ3v) is 5.86. The van der Waals surface area contributed by atoms with Gasteiger partial charge in [-0.3, -0.25) is 9.59 Å². The Labute approximate surface area is 185 Å². The fourth-order valence-corrected chi connectivity index (χ4v) is 4.06. The summed E-state index contributed by atoms with van der Waals surface area (Å²) in [6.45, 7) is 0. The van der Waals surface area contributed by atoms with E-state index in [-0.39, 0.29) is 28.8 Å². The normalized spacial score (nSPS) is 18.9. The number of hydrogen-bond donors (Lipinski definition) is 2. The minimum absolute atomic E-state index is 0.0273. The fourth-order valence-electron chi connectivity index (χ4n) is 3.55. The zero-order valence-corrected chi connectivity index (χ0v) is 18.1. The molecule has 10 heteroatoms. The van der Waals surface area contributed by atoms with Crippen molar-refractivity contribution in [2.24, 2.45) is 5.92 Å². The van der Waals surface area contributed by atoms with E-state index in [0.717, 1.165) is 10.5 Å². The van der Waals surface area contributed by atoms with Crippen LogP contribution in [0, 0.1) is 11.7 Å². The maximum atomic E-state index is 13.1. The summed E-state index contributed by atoms with van der Waals surface area (Å²) in [6.07, 6.45) is 6.00. The van der Waals surface area contributed by atoms with Crippen LogP contribution in [0.25, 0.3) is 5.65 Å². The molecule has 0 unspecified atom stereocenters. The Balaban J connectivity index is 1.31. The van der Waals surface area contributed by atoms with Crippen LogP contribution in [0.1, 0.15) is 36.2 Å². The lowest BCUT2D eigenvalue weighted by molar-refractivity contribution is -0.120. The Morgan fingerprint density at radius 1 is 1.20 bits per heavy atom. The van der Waals surface area contributed by atoms with E-state index in [4.69, 9.17) is 11.6 Å². The molecule has 7 nitrogen and oxygen atoms in total. The molecule has 0 bridgehead atoms. The van der Waals surface area contributed by atoms with E-state index in [9.17, 15) is 14.0 Å². The highest BCUT2D eigenvalue weighted by Gasteiger charge is 2.28. The summed E-state index contributed by atoms with van der Waals surface area (Å²) in [7, 11) is 0. The van der Waals surface area contributed by atoms with Crippen molar-refractivity contribution >= 4 is 50.7 Å². The summed E-state index contributed by atoms with van der Waals surface area (Å²) in [6, 6.07) is 5.47. The van der Waals surface area contributed by atoms with Crippen molar-refractivity contribution in [1.29, 1.82) is 0 Å². The zero-order chi connectivity index (χ0) is 21.3. The van der Waals surface area contributed by atoms with Crippen molar-refractivity contribution < 1.29 is 14.0 Å². The summed E-state index contributed by atoms with van der Waals surface area (Å²) >= 11 is 9.30. The van der Waals surface area contributed by atoms with Gasteiger partial charge in [-0.1, -0.05) is 11.6 Å². The molecule has 156 valence electrons. The van der Waals surface area contributed by atoms with Crippen molar-refractivity contribution in [3.05, 3.63) is 57.7 Å². The molecule has 0 aliphatic heterocycles. The number of halogens is 3. The molecular formula is C20H18BrClFN5O2. The molecule has 1 saturated carbocycles. The highest BCUT2D eigenvalue weighted by atomic mass is 79.9. The van der Waals surface area contributed by atoms with Gasteiger partial charge in [-0.25, -0.2) is 13.9 Å². The molecule has 0 atom stereocenters. The van der Waals surface area contributed by atoms with Gasteiger partial charge < -0.3 is 10.6 Å². The second kappa shape index (κ2) is 8.69. The lowest BCUT2D eigenvalue weighted by Gasteiger charge is -2.28. The Morgan fingerprint density at radius 3 is 2.70 bits per heavy atom. The van der Waals surface area contributed by atoms with Gasteiger partial charge in [-0.15, -0.1) is 0 Å². The summed E-state index contributed by atoms with van der Waals surface area (Å²) in [5.74, 6) is -1.05. The van der Waals surface area contributed by atoms with E-state index in [1.54, 1.807) is 23.0 Å². The van der Waals surface area contributed by atoms with Crippen molar-refractivity contribution in [2.45, 2.75) is 31.7 Å². The van der Waals surface area contributed by atoms with Gasteiger partial charge in [0.2, 0.25) is 5.91 Å². The molecule has 4 rings (SSSR count). The third kappa shape index (κ3) is 4.62. The third-order valence-electron chi connectivity index (χ3n) is 5.14. The quantitative estimate of drug-likeness (QED) is 0.569. The molecule has 2 heterocycles. The van der Waals surface area contributed by atoms with Crippen LogP contribution in [0.5, 0.6) is 0 Å². The molecule has 0 saturated heterocycles. The number of amides is 2. The van der Waals surface area contributed by atoms with Gasteiger partial charge in [-0.2, -0.15) is 5.10 Å². The number of nitrogens with one attached hydrogen (secondary N) is 2. The Bertz CT molecular complexity index is 1110. The van der Waals surface area contributed by atoms with E-state index in [1.807, 2.05) is 0 Å². The second-order valence-electron chi connectivity index (χ2n) is 7.24. The lowest BCUT2D eigenvalue weighted by atomic mass is 9.85. The topological polar surface area (TPSA) is 88.4 Å². The average molecular weight is 495 g/mol. The molecule has 1 aromatic carbocycles. The lowest BCUT2D eigenvalue weighted by Crippen LogP contribution is -2.39. The van der Waals surface area contributed by atoms with Gasteiger partial charge in [0.15, 0.2) is 11.3 Å². The Kier molecular flexibility index (Phi) is 6.01. The molecule has 2 aromatic heterocycles. The van der Waals surface area contributed by atoms with Gasteiger partial charge in [0.1, 0.15) is 5.82 Å². The molecule has 1 aliphatic carbocycles. The van der Waals surface area contributed by atoms with Crippen molar-refractivity contribution in [1.82, 2.24) is 19.9 Å². The molecule has 1 aliphatic rings. The van der Waals surface area contributed by atoms with Crippen LogP contribution in [0.2, 0.25) is 5.02 Å². The van der Waals surface area contributed by atoms with Crippen molar-refractivity contribution in [2.75, 3.05) is 5.32 Å². The van der Waals surface area contributed by atoms with Crippen LogP contribution in [0.3, 0.4) is 0 Å². The minimum atomic E-state index is -0.455. The van der Waals surface area contributed by atoms with Gasteiger partial charge >= 0.3 is 0 Å². The number of aromatic nitrogens is 3. The van der Waals surface area contributed by atoms with E-state index < -0.39 is 5.82 Å². The first-order valence-corrected chi connectivity index (χ1v) is 10.6. The first-order valence-electron chi connectivity index (χ1n) is 9.47. The summed E-state index contributed by atoms with van der Waals surface area (Å²) in [5, 5.41) is 10.2. The summed E-state index contributed by atoms with van der Waals surface area (Å²) < 4.78 is 15.5. The zero-order valence-electron chi connectivity index (χ0n) is 15.7. The molecule has 3 aromatic rings. The first kappa shape index (κ1) is 20.7. The fraction of sp³-hybridized carbons (Fsp3) is 0.300. The van der Waals surface area contributed by atoms with Crippen LogP contribution >= 0.6 is 27.5 Å². The smallest absolute Gasteiger partial charge is 0.272 e. The molecular weight excluding hydrogens is 477 g/mol. The molecule has 0 radical (unpaired) electrons. The average Bonchev–Trinajstić information content (AvgIpc) is 3.14. The van der Waals surface area contributed by atoms with Gasteiger partial charge in [0.25, 0.3) is 5.91 Å². The summed E-state index contributed by atoms with van der Waals surface area (Å²) in [4.78, 5) is 29.2. The number of benzene rings is 1. The molecule has 2 amide bonds. The number of hydrogen-bond acceptors (Lipinski definition) is 4. The van der Waals surface area contributed by atoms with Crippen LogP contribution < -0.4 is 10.6 Å². The molecule has 1 fully saturated rings. The summed E-state index contributed by atoms with van der Waals surface area (Å²) in [5.41, 5.74) is 1.28. The highest BCUT2D eigenvalue weighted by Crippen LogP contribution is 2.28. The Morgan fingerprint density at radius 2 is 1.97 bits per heavy atom. The minimum Gasteiger partial charge on any atom is -0.348 e. The number of fused-ring (bicyclic) bond motifs is 1. The maximum Gasteiger partial charge on any atom is 0.272 e. The molecule has 30 heavy (non-hydrogen) atoms. The molecule has 2 N–H and O–H groups in total. The number of carbonyl (C=O) groups excluding carboxylic acids is 2. The maximum absolute atomic E-state index is 13.1. The standard InChI is InChI=1S/C20H18BrClFN5O2/c21-12-9-24-18-8-17(27-28(18)10-12)20(30)25-14-4-1-11(2-5-14)19(29)26-16-6-3-13(23)7-15(16)22/h3,6-11,14H,1-2,4-5H2,(H,25,30)(H,26,29). The van der Waals surface area contributed by atoms with Gasteiger partial charge in [-0.05, 0) is 59.8 Å². The van der Waals surface area contributed by atoms with E-state index in [0.29, 0.717) is 42.7 Å². The highest BCUT2D eigenvalue weighted by molar-refractivity contribution is 9.10. The largest absolute Gasteiger partial charge is 0.348 e. The number of rotatable bonds is 4. The van der Waals surface area contributed by atoms with E-state index in [1.165, 1.54) is 12.1 Å². The number of nitrogens with zero attached hydrogens (tertiary/aromatic N) is 3. The van der Waals surface area contributed by atoms with Crippen LogP contribution in [0.15, 0.2) is 41.1 Å². The SMILES string of the molecule is O=C(NC1CCC(C(=O)Nc2ccc(F)cc2Cl)CC1)c1cc2ncc(Br)cn2n1. The van der Waals surface area contributed by atoms with E-state index >= 15 is 0 Å². The predicted octanol–water partition coefficient (Wildman–Crippen LogP) is 4.21. The first-order chi connectivity index (χ1) is 14.4.